The van der Waals surface area contributed by atoms with Crippen LogP contribution in [0.2, 0.25) is 0 Å². The van der Waals surface area contributed by atoms with Crippen LogP contribution in [0.1, 0.15) is 19.8 Å². The summed E-state index contributed by atoms with van der Waals surface area (Å²) in [5, 5.41) is 12.8. The molecule has 0 radical (unpaired) electrons. The van der Waals surface area contributed by atoms with Crippen LogP contribution < -0.4 is 10.1 Å². The predicted octanol–water partition coefficient (Wildman–Crippen LogP) is 2.07. The van der Waals surface area contributed by atoms with Crippen molar-refractivity contribution < 1.29 is 14.6 Å². The van der Waals surface area contributed by atoms with Crippen LogP contribution in [-0.4, -0.2) is 41.8 Å². The molecule has 19 heavy (non-hydrogen) atoms. The van der Waals surface area contributed by atoms with Gasteiger partial charge in [0, 0.05) is 5.69 Å². The number of methoxy groups -OCH3 is 1. The Hall–Kier alpha value is -1.75. The number of benzene rings is 1. The molecule has 1 heterocycles. The van der Waals surface area contributed by atoms with E-state index in [1.807, 2.05) is 6.92 Å². The van der Waals surface area contributed by atoms with E-state index in [4.69, 9.17) is 4.74 Å². The number of carbonyl (C=O) groups is 1. The molecule has 0 atom stereocenters. The molecule has 104 valence electrons. The van der Waals surface area contributed by atoms with Crippen LogP contribution in [-0.2, 0) is 0 Å². The molecule has 1 saturated heterocycles. The Labute approximate surface area is 113 Å². The standard InChI is InChI=1S/C14H20N2O3/c1-3-8-14(18)9-16(10-14)13(17)15-11-4-6-12(19-2)7-5-11/h4-7,18H,3,8-10H2,1-2H3,(H,15,17). The van der Waals surface area contributed by atoms with Crippen molar-refractivity contribution in [1.29, 1.82) is 0 Å². The molecule has 1 aliphatic rings. The Kier molecular flexibility index (Phi) is 3.95. The minimum atomic E-state index is -0.688. The molecule has 0 aliphatic carbocycles. The zero-order valence-electron chi connectivity index (χ0n) is 11.3. The predicted molar refractivity (Wildman–Crippen MR) is 73.4 cm³/mol. The first kappa shape index (κ1) is 13.7. The van der Waals surface area contributed by atoms with Crippen LogP contribution >= 0.6 is 0 Å². The lowest BCUT2D eigenvalue weighted by molar-refractivity contribution is -0.0792. The van der Waals surface area contributed by atoms with E-state index in [1.54, 1.807) is 36.3 Å². The maximum atomic E-state index is 11.9. The summed E-state index contributed by atoms with van der Waals surface area (Å²) < 4.78 is 5.05. The fourth-order valence-corrected chi connectivity index (χ4v) is 2.31. The van der Waals surface area contributed by atoms with Gasteiger partial charge in [-0.25, -0.2) is 4.79 Å². The lowest BCUT2D eigenvalue weighted by Gasteiger charge is -2.46. The Balaban J connectivity index is 1.85. The van der Waals surface area contributed by atoms with Crippen LogP contribution in [0.3, 0.4) is 0 Å². The Morgan fingerprint density at radius 2 is 2.05 bits per heavy atom. The number of rotatable bonds is 4. The maximum absolute atomic E-state index is 11.9. The Bertz CT molecular complexity index is 439. The minimum absolute atomic E-state index is 0.175. The molecule has 0 saturated carbocycles. The van der Waals surface area contributed by atoms with Crippen LogP contribution in [0.4, 0.5) is 10.5 Å². The molecule has 5 nitrogen and oxygen atoms in total. The Morgan fingerprint density at radius 1 is 1.42 bits per heavy atom. The van der Waals surface area contributed by atoms with Gasteiger partial charge in [-0.05, 0) is 30.7 Å². The fraction of sp³-hybridized carbons (Fsp3) is 0.500. The molecule has 0 spiro atoms. The highest BCUT2D eigenvalue weighted by Gasteiger charge is 2.42. The van der Waals surface area contributed by atoms with Gasteiger partial charge >= 0.3 is 6.03 Å². The molecule has 0 bridgehead atoms. The number of ether oxygens (including phenoxy) is 1. The smallest absolute Gasteiger partial charge is 0.322 e. The molecule has 2 N–H and O–H groups in total. The topological polar surface area (TPSA) is 61.8 Å². The summed E-state index contributed by atoms with van der Waals surface area (Å²) in [6, 6.07) is 6.98. The SMILES string of the molecule is CCCC1(O)CN(C(=O)Nc2ccc(OC)cc2)C1. The summed E-state index contributed by atoms with van der Waals surface area (Å²) in [5.74, 6) is 0.749. The van der Waals surface area contributed by atoms with E-state index < -0.39 is 5.60 Å². The van der Waals surface area contributed by atoms with Gasteiger partial charge in [-0.15, -0.1) is 0 Å². The van der Waals surface area contributed by atoms with Gasteiger partial charge in [-0.2, -0.15) is 0 Å². The van der Waals surface area contributed by atoms with E-state index in [2.05, 4.69) is 5.32 Å². The number of carbonyl (C=O) groups excluding carboxylic acids is 1. The molecular formula is C14H20N2O3. The van der Waals surface area contributed by atoms with E-state index in [1.165, 1.54) is 0 Å². The number of likely N-dealkylation sites (tertiary alicyclic amines) is 1. The van der Waals surface area contributed by atoms with E-state index in [9.17, 15) is 9.90 Å². The molecule has 5 heteroatoms. The average Bonchev–Trinajstić information content (AvgIpc) is 2.37. The third kappa shape index (κ3) is 3.17. The van der Waals surface area contributed by atoms with Gasteiger partial charge in [0.15, 0.2) is 0 Å². The van der Waals surface area contributed by atoms with Crippen molar-refractivity contribution in [3.05, 3.63) is 24.3 Å². The number of anilines is 1. The van der Waals surface area contributed by atoms with Crippen molar-refractivity contribution in [3.8, 4) is 5.75 Å². The van der Waals surface area contributed by atoms with Crippen LogP contribution in [0.15, 0.2) is 24.3 Å². The van der Waals surface area contributed by atoms with Gasteiger partial charge in [-0.3, -0.25) is 0 Å². The van der Waals surface area contributed by atoms with Gasteiger partial charge in [0.05, 0.1) is 25.8 Å². The van der Waals surface area contributed by atoms with E-state index in [0.717, 1.165) is 24.3 Å². The Morgan fingerprint density at radius 3 is 2.58 bits per heavy atom. The lowest BCUT2D eigenvalue weighted by Crippen LogP contribution is -2.64. The first-order valence-corrected chi connectivity index (χ1v) is 6.49. The van der Waals surface area contributed by atoms with Crippen LogP contribution in [0.25, 0.3) is 0 Å². The molecular weight excluding hydrogens is 244 g/mol. The van der Waals surface area contributed by atoms with Crippen molar-refractivity contribution >= 4 is 11.7 Å². The van der Waals surface area contributed by atoms with E-state index >= 15 is 0 Å². The molecule has 2 amide bonds. The molecule has 1 aliphatic heterocycles. The number of hydrogen-bond donors (Lipinski definition) is 2. The third-order valence-corrected chi connectivity index (χ3v) is 3.31. The minimum Gasteiger partial charge on any atom is -0.497 e. The number of amides is 2. The first-order valence-electron chi connectivity index (χ1n) is 6.49. The highest BCUT2D eigenvalue weighted by molar-refractivity contribution is 5.90. The van der Waals surface area contributed by atoms with Crippen LogP contribution in [0.5, 0.6) is 5.75 Å². The number of aliphatic hydroxyl groups is 1. The summed E-state index contributed by atoms with van der Waals surface area (Å²) in [6.07, 6.45) is 1.66. The van der Waals surface area contributed by atoms with Gasteiger partial charge < -0.3 is 20.1 Å². The van der Waals surface area contributed by atoms with Crippen molar-refractivity contribution in [2.75, 3.05) is 25.5 Å². The summed E-state index contributed by atoms with van der Waals surface area (Å²) in [6.45, 7) is 2.84. The molecule has 1 fully saturated rings. The van der Waals surface area contributed by atoms with Gasteiger partial charge in [0.25, 0.3) is 0 Å². The van der Waals surface area contributed by atoms with Crippen LogP contribution in [0, 0.1) is 0 Å². The second-order valence-electron chi connectivity index (χ2n) is 4.99. The normalized spacial score (nSPS) is 16.7. The quantitative estimate of drug-likeness (QED) is 0.875. The summed E-state index contributed by atoms with van der Waals surface area (Å²) in [4.78, 5) is 13.5. The fourth-order valence-electron chi connectivity index (χ4n) is 2.31. The monoisotopic (exact) mass is 264 g/mol. The highest BCUT2D eigenvalue weighted by Crippen LogP contribution is 2.26. The molecule has 0 aromatic heterocycles. The molecule has 0 unspecified atom stereocenters. The number of β-amino-alcohol motifs (C(OH)–C–C–N with tert-alkyl or cyclic N) is 1. The molecule has 2 rings (SSSR count). The summed E-state index contributed by atoms with van der Waals surface area (Å²) in [7, 11) is 1.60. The van der Waals surface area contributed by atoms with Crippen molar-refractivity contribution in [1.82, 2.24) is 4.90 Å². The molecule has 1 aromatic rings. The number of hydrogen-bond acceptors (Lipinski definition) is 3. The lowest BCUT2D eigenvalue weighted by atomic mass is 9.90. The van der Waals surface area contributed by atoms with Gasteiger partial charge in [0.2, 0.25) is 0 Å². The average molecular weight is 264 g/mol. The van der Waals surface area contributed by atoms with Crippen molar-refractivity contribution in [3.63, 3.8) is 0 Å². The zero-order valence-corrected chi connectivity index (χ0v) is 11.3. The van der Waals surface area contributed by atoms with E-state index in [-0.39, 0.29) is 6.03 Å². The maximum Gasteiger partial charge on any atom is 0.322 e. The largest absolute Gasteiger partial charge is 0.497 e. The van der Waals surface area contributed by atoms with Crippen molar-refractivity contribution in [2.45, 2.75) is 25.4 Å². The van der Waals surface area contributed by atoms with E-state index in [0.29, 0.717) is 13.1 Å². The highest BCUT2D eigenvalue weighted by atomic mass is 16.5. The number of nitrogens with one attached hydrogen (secondary N) is 1. The summed E-state index contributed by atoms with van der Waals surface area (Å²) in [5.41, 5.74) is 0.0307. The van der Waals surface area contributed by atoms with Gasteiger partial charge in [0.1, 0.15) is 5.75 Å². The second-order valence-corrected chi connectivity index (χ2v) is 4.99. The first-order chi connectivity index (χ1) is 9.06. The third-order valence-electron chi connectivity index (χ3n) is 3.31. The van der Waals surface area contributed by atoms with Gasteiger partial charge in [-0.1, -0.05) is 13.3 Å². The summed E-state index contributed by atoms with van der Waals surface area (Å²) >= 11 is 0. The number of urea groups is 1. The molecule has 1 aromatic carbocycles. The second kappa shape index (κ2) is 5.48. The number of nitrogens with zero attached hydrogens (tertiary/aromatic N) is 1. The zero-order chi connectivity index (χ0) is 13.9. The van der Waals surface area contributed by atoms with Crippen molar-refractivity contribution in [2.24, 2.45) is 0 Å².